The number of aromatic nitrogens is 1. The fourth-order valence-electron chi connectivity index (χ4n) is 4.87. The van der Waals surface area contributed by atoms with E-state index in [1.807, 2.05) is 73.0 Å². The number of pyridine rings is 1. The molecule has 6 aromatic rings. The Balaban J connectivity index is 1.33. The van der Waals surface area contributed by atoms with Gasteiger partial charge in [-0.2, -0.15) is 0 Å². The third kappa shape index (κ3) is 5.83. The van der Waals surface area contributed by atoms with Crippen molar-refractivity contribution in [1.82, 2.24) is 4.98 Å². The van der Waals surface area contributed by atoms with Crippen LogP contribution in [0.5, 0.6) is 5.75 Å². The molecule has 0 fully saturated rings. The molecule has 0 spiro atoms. The van der Waals surface area contributed by atoms with E-state index in [0.717, 1.165) is 44.0 Å². The minimum Gasteiger partial charge on any atom is -0.496 e. The fraction of sp³-hybridized carbons (Fsp3) is 0.0571. The highest BCUT2D eigenvalue weighted by Gasteiger charge is 2.22. The standard InChI is InChI=1S/C35H27N3O3S2/c1-21-19-24(12-17-30(21)41-2)27-20-28(22-7-4-3-5-8-22)38-35-31(27)32(36)33(43-35)34(40)37-25-13-10-23(11-14-25)29(39)16-15-26-9-6-18-42-26/h3-20H,36H2,1-2H3,(H,37,40). The van der Waals surface area contributed by atoms with Gasteiger partial charge in [0.25, 0.3) is 5.91 Å². The number of methoxy groups -OCH3 is 1. The van der Waals surface area contributed by atoms with Gasteiger partial charge in [-0.3, -0.25) is 9.59 Å². The van der Waals surface area contributed by atoms with Gasteiger partial charge in [0, 0.05) is 27.1 Å². The lowest BCUT2D eigenvalue weighted by Crippen LogP contribution is -2.12. The number of benzene rings is 3. The van der Waals surface area contributed by atoms with Crippen molar-refractivity contribution in [2.24, 2.45) is 0 Å². The third-order valence-electron chi connectivity index (χ3n) is 7.05. The first kappa shape index (κ1) is 28.1. The zero-order chi connectivity index (χ0) is 29.9. The number of thiophene rings is 2. The second kappa shape index (κ2) is 12.1. The average Bonchev–Trinajstić information content (AvgIpc) is 3.68. The summed E-state index contributed by atoms with van der Waals surface area (Å²) in [6.07, 6.45) is 3.35. The molecule has 43 heavy (non-hydrogen) atoms. The first-order valence-electron chi connectivity index (χ1n) is 13.5. The number of allylic oxidation sites excluding steroid dienone is 1. The van der Waals surface area contributed by atoms with Gasteiger partial charge in [-0.15, -0.1) is 22.7 Å². The Morgan fingerprint density at radius 3 is 2.42 bits per heavy atom. The van der Waals surface area contributed by atoms with Crippen LogP contribution in [0.4, 0.5) is 11.4 Å². The maximum absolute atomic E-state index is 13.5. The number of aryl methyl sites for hydroxylation is 1. The van der Waals surface area contributed by atoms with E-state index in [1.54, 1.807) is 54.9 Å². The molecule has 0 aliphatic rings. The van der Waals surface area contributed by atoms with Crippen molar-refractivity contribution >= 4 is 62.0 Å². The van der Waals surface area contributed by atoms with E-state index in [1.165, 1.54) is 11.3 Å². The lowest BCUT2D eigenvalue weighted by molar-refractivity contribution is 0.102. The van der Waals surface area contributed by atoms with Crippen molar-refractivity contribution in [3.8, 4) is 28.1 Å². The van der Waals surface area contributed by atoms with E-state index in [0.29, 0.717) is 26.6 Å². The molecule has 0 aliphatic carbocycles. The SMILES string of the molecule is COc1ccc(-c2cc(-c3ccccc3)nc3sc(C(=O)Nc4ccc(C(=O)C=Cc5cccs5)cc4)c(N)c23)cc1C. The Bertz CT molecular complexity index is 1980. The number of amides is 1. The number of anilines is 2. The topological polar surface area (TPSA) is 94.3 Å². The number of ether oxygens (including phenoxy) is 1. The van der Waals surface area contributed by atoms with E-state index in [4.69, 9.17) is 15.5 Å². The van der Waals surface area contributed by atoms with Gasteiger partial charge in [0.15, 0.2) is 5.78 Å². The molecule has 0 atom stereocenters. The minimum absolute atomic E-state index is 0.110. The summed E-state index contributed by atoms with van der Waals surface area (Å²) in [5.41, 5.74) is 12.7. The van der Waals surface area contributed by atoms with Crippen molar-refractivity contribution in [1.29, 1.82) is 0 Å². The average molecular weight is 602 g/mol. The van der Waals surface area contributed by atoms with Crippen LogP contribution in [0.15, 0.2) is 102 Å². The van der Waals surface area contributed by atoms with Crippen LogP contribution in [-0.2, 0) is 0 Å². The molecule has 0 aliphatic heterocycles. The summed E-state index contributed by atoms with van der Waals surface area (Å²) in [4.78, 5) is 33.0. The summed E-state index contributed by atoms with van der Waals surface area (Å²) < 4.78 is 5.47. The number of nitrogens with zero attached hydrogens (tertiary/aromatic N) is 1. The van der Waals surface area contributed by atoms with Gasteiger partial charge in [-0.1, -0.05) is 42.5 Å². The molecule has 3 aromatic carbocycles. The largest absolute Gasteiger partial charge is 0.496 e. The lowest BCUT2D eigenvalue weighted by Gasteiger charge is -2.11. The van der Waals surface area contributed by atoms with Crippen LogP contribution >= 0.6 is 22.7 Å². The van der Waals surface area contributed by atoms with Crippen LogP contribution in [0.3, 0.4) is 0 Å². The van der Waals surface area contributed by atoms with E-state index < -0.39 is 0 Å². The van der Waals surface area contributed by atoms with Crippen LogP contribution in [0, 0.1) is 6.92 Å². The van der Waals surface area contributed by atoms with Crippen LogP contribution in [0.2, 0.25) is 0 Å². The van der Waals surface area contributed by atoms with E-state index in [9.17, 15) is 9.59 Å². The summed E-state index contributed by atoms with van der Waals surface area (Å²) in [5.74, 6) is 0.346. The molecule has 0 saturated heterocycles. The van der Waals surface area contributed by atoms with Crippen LogP contribution in [-0.4, -0.2) is 23.8 Å². The summed E-state index contributed by atoms with van der Waals surface area (Å²) in [6, 6.07) is 28.6. The first-order chi connectivity index (χ1) is 20.9. The zero-order valence-corrected chi connectivity index (χ0v) is 25.1. The Hall–Kier alpha value is -5.05. The van der Waals surface area contributed by atoms with Gasteiger partial charge in [0.2, 0.25) is 0 Å². The van der Waals surface area contributed by atoms with E-state index in [2.05, 4.69) is 11.4 Å². The smallest absolute Gasteiger partial charge is 0.267 e. The lowest BCUT2D eigenvalue weighted by atomic mass is 9.98. The highest BCUT2D eigenvalue weighted by atomic mass is 32.1. The maximum atomic E-state index is 13.5. The molecular formula is C35H27N3O3S2. The number of carbonyl (C=O) groups excluding carboxylic acids is 2. The highest BCUT2D eigenvalue weighted by Crippen LogP contribution is 2.42. The molecular weight excluding hydrogens is 575 g/mol. The van der Waals surface area contributed by atoms with Crippen molar-refractivity contribution in [3.63, 3.8) is 0 Å². The molecule has 212 valence electrons. The molecule has 0 radical (unpaired) electrons. The summed E-state index contributed by atoms with van der Waals surface area (Å²) in [5, 5.41) is 5.63. The van der Waals surface area contributed by atoms with Gasteiger partial charge in [0.1, 0.15) is 15.5 Å². The highest BCUT2D eigenvalue weighted by molar-refractivity contribution is 7.21. The third-order valence-corrected chi connectivity index (χ3v) is 8.99. The molecule has 0 saturated carbocycles. The second-order valence-corrected chi connectivity index (χ2v) is 11.9. The zero-order valence-electron chi connectivity index (χ0n) is 23.5. The molecule has 3 aromatic heterocycles. The monoisotopic (exact) mass is 601 g/mol. The number of nitrogens with two attached hydrogens (primary N) is 1. The first-order valence-corrected chi connectivity index (χ1v) is 15.2. The van der Waals surface area contributed by atoms with Crippen molar-refractivity contribution in [3.05, 3.63) is 123 Å². The fourth-order valence-corrected chi connectivity index (χ4v) is 6.50. The van der Waals surface area contributed by atoms with E-state index >= 15 is 0 Å². The van der Waals surface area contributed by atoms with Gasteiger partial charge >= 0.3 is 0 Å². The van der Waals surface area contributed by atoms with Crippen molar-refractivity contribution in [2.75, 3.05) is 18.2 Å². The van der Waals surface area contributed by atoms with Crippen LogP contribution in [0.1, 0.15) is 30.5 Å². The predicted octanol–water partition coefficient (Wildman–Crippen LogP) is 8.74. The number of nitrogens with one attached hydrogen (secondary N) is 1. The maximum Gasteiger partial charge on any atom is 0.267 e. The second-order valence-electron chi connectivity index (χ2n) is 9.87. The van der Waals surface area contributed by atoms with Gasteiger partial charge in [0.05, 0.1) is 18.5 Å². The van der Waals surface area contributed by atoms with Gasteiger partial charge in [-0.25, -0.2) is 4.98 Å². The molecule has 6 nitrogen and oxygen atoms in total. The van der Waals surface area contributed by atoms with Crippen molar-refractivity contribution < 1.29 is 14.3 Å². The number of hydrogen-bond acceptors (Lipinski definition) is 7. The summed E-state index contributed by atoms with van der Waals surface area (Å²) in [7, 11) is 1.65. The number of hydrogen-bond donors (Lipinski definition) is 2. The van der Waals surface area contributed by atoms with Crippen LogP contribution < -0.4 is 15.8 Å². The molecule has 3 N–H and O–H groups in total. The van der Waals surface area contributed by atoms with Crippen molar-refractivity contribution in [2.45, 2.75) is 6.92 Å². The Kier molecular flexibility index (Phi) is 7.87. The molecule has 6 rings (SSSR count). The molecule has 0 unspecified atom stereocenters. The summed E-state index contributed by atoms with van der Waals surface area (Å²) in [6.45, 7) is 1.99. The summed E-state index contributed by atoms with van der Waals surface area (Å²) >= 11 is 2.82. The van der Waals surface area contributed by atoms with E-state index in [-0.39, 0.29) is 11.7 Å². The molecule has 1 amide bonds. The number of ketones is 1. The number of fused-ring (bicyclic) bond motifs is 1. The Morgan fingerprint density at radius 1 is 0.930 bits per heavy atom. The van der Waals surface area contributed by atoms with Gasteiger partial charge < -0.3 is 15.8 Å². The Labute approximate surface area is 257 Å². The molecule has 8 heteroatoms. The van der Waals surface area contributed by atoms with Gasteiger partial charge in [-0.05, 0) is 89.7 Å². The normalized spacial score (nSPS) is 11.2. The number of carbonyl (C=O) groups is 2. The Morgan fingerprint density at radius 2 is 1.72 bits per heavy atom. The molecule has 3 heterocycles. The number of nitrogen functional groups attached to an aromatic ring is 1. The predicted molar refractivity (Wildman–Crippen MR) is 178 cm³/mol. The number of rotatable bonds is 8. The minimum atomic E-state index is -0.338. The van der Waals surface area contributed by atoms with Crippen LogP contribution in [0.25, 0.3) is 38.7 Å². The molecule has 0 bridgehead atoms. The quantitative estimate of drug-likeness (QED) is 0.134.